The molecule has 0 aliphatic carbocycles. The molecule has 1 N–H and O–H groups in total. The van der Waals surface area contributed by atoms with Gasteiger partial charge < -0.3 is 9.72 Å². The van der Waals surface area contributed by atoms with E-state index in [0.717, 1.165) is 17.8 Å². The minimum atomic E-state index is -0.422. The molecule has 0 spiro atoms. The molecule has 5 heteroatoms. The van der Waals surface area contributed by atoms with Crippen LogP contribution in [0.15, 0.2) is 35.1 Å². The number of esters is 1. The summed E-state index contributed by atoms with van der Waals surface area (Å²) in [6.07, 6.45) is 1.40. The Hall–Kier alpha value is -1.88. The number of hydrogen-bond donors (Lipinski definition) is 1. The van der Waals surface area contributed by atoms with E-state index in [1.807, 2.05) is 30.3 Å². The van der Waals surface area contributed by atoms with Crippen LogP contribution in [-0.2, 0) is 17.6 Å². The van der Waals surface area contributed by atoms with Crippen molar-refractivity contribution in [2.75, 3.05) is 6.61 Å². The molecule has 0 saturated carbocycles. The number of carbonyl (C=O) groups excluding carboxylic acids is 1. The lowest BCUT2D eigenvalue weighted by Gasteiger charge is -2.03. The number of rotatable bonds is 5. The molecule has 100 valence electrons. The molecule has 0 fully saturated rings. The van der Waals surface area contributed by atoms with Gasteiger partial charge in [0, 0.05) is 5.69 Å². The smallest absolute Gasteiger partial charge is 0.350 e. The summed E-state index contributed by atoms with van der Waals surface area (Å²) in [5.74, 6) is -0.422. The van der Waals surface area contributed by atoms with Crippen LogP contribution >= 0.6 is 11.3 Å². The fourth-order valence-electron chi connectivity index (χ4n) is 1.81. The van der Waals surface area contributed by atoms with E-state index in [9.17, 15) is 9.59 Å². The van der Waals surface area contributed by atoms with E-state index in [1.54, 1.807) is 6.92 Å². The Morgan fingerprint density at radius 3 is 2.68 bits per heavy atom. The number of aryl methyl sites for hydroxylation is 2. The Morgan fingerprint density at radius 2 is 2.00 bits per heavy atom. The number of H-pyrrole nitrogens is 1. The van der Waals surface area contributed by atoms with Gasteiger partial charge in [-0.1, -0.05) is 41.7 Å². The lowest BCUT2D eigenvalue weighted by Crippen LogP contribution is -2.06. The summed E-state index contributed by atoms with van der Waals surface area (Å²) in [7, 11) is 0. The first kappa shape index (κ1) is 13.5. The van der Waals surface area contributed by atoms with E-state index in [-0.39, 0.29) is 4.87 Å². The maximum Gasteiger partial charge on any atom is 0.350 e. The fourth-order valence-corrected chi connectivity index (χ4v) is 2.59. The number of aromatic nitrogens is 1. The van der Waals surface area contributed by atoms with Crippen LogP contribution in [0.4, 0.5) is 0 Å². The van der Waals surface area contributed by atoms with E-state index in [2.05, 4.69) is 4.98 Å². The molecular weight excluding hydrogens is 262 g/mol. The van der Waals surface area contributed by atoms with Crippen molar-refractivity contribution < 1.29 is 9.53 Å². The molecule has 0 unspecified atom stereocenters. The van der Waals surface area contributed by atoms with E-state index >= 15 is 0 Å². The quantitative estimate of drug-likeness (QED) is 0.854. The largest absolute Gasteiger partial charge is 0.462 e. The first-order valence-corrected chi connectivity index (χ1v) is 6.95. The van der Waals surface area contributed by atoms with Crippen LogP contribution in [0.25, 0.3) is 0 Å². The number of aromatic amines is 1. The maximum atomic E-state index is 11.7. The Morgan fingerprint density at radius 1 is 1.26 bits per heavy atom. The molecule has 1 heterocycles. The molecule has 4 nitrogen and oxygen atoms in total. The Balaban J connectivity index is 2.12. The summed E-state index contributed by atoms with van der Waals surface area (Å²) in [6.45, 7) is 2.06. The van der Waals surface area contributed by atoms with Crippen LogP contribution in [0.5, 0.6) is 0 Å². The molecule has 2 aromatic rings. The molecule has 0 bridgehead atoms. The predicted molar refractivity (Wildman–Crippen MR) is 74.7 cm³/mol. The van der Waals surface area contributed by atoms with Gasteiger partial charge in [0.2, 0.25) is 0 Å². The summed E-state index contributed by atoms with van der Waals surface area (Å²) in [4.78, 5) is 26.0. The summed E-state index contributed by atoms with van der Waals surface area (Å²) in [5, 5.41) is 0. The summed E-state index contributed by atoms with van der Waals surface area (Å²) >= 11 is 0.912. The molecule has 0 atom stereocenters. The van der Waals surface area contributed by atoms with Crippen molar-refractivity contribution in [1.82, 2.24) is 4.98 Å². The third kappa shape index (κ3) is 3.54. The zero-order valence-electron chi connectivity index (χ0n) is 10.6. The molecule has 19 heavy (non-hydrogen) atoms. The van der Waals surface area contributed by atoms with Gasteiger partial charge in [0.15, 0.2) is 0 Å². The van der Waals surface area contributed by atoms with Crippen LogP contribution in [0.2, 0.25) is 0 Å². The minimum Gasteiger partial charge on any atom is -0.462 e. The van der Waals surface area contributed by atoms with Crippen molar-refractivity contribution in [2.24, 2.45) is 0 Å². The van der Waals surface area contributed by atoms with Gasteiger partial charge in [0.05, 0.1) is 6.61 Å². The Kier molecular flexibility index (Phi) is 4.52. The van der Waals surface area contributed by atoms with Crippen molar-refractivity contribution in [1.29, 1.82) is 0 Å². The molecule has 0 radical (unpaired) electrons. The van der Waals surface area contributed by atoms with Gasteiger partial charge in [-0.3, -0.25) is 4.79 Å². The molecule has 2 rings (SSSR count). The highest BCUT2D eigenvalue weighted by atomic mass is 32.1. The Labute approximate surface area is 115 Å². The number of ether oxygens (including phenoxy) is 1. The second-order valence-corrected chi connectivity index (χ2v) is 5.01. The van der Waals surface area contributed by atoms with Crippen LogP contribution in [-0.4, -0.2) is 17.6 Å². The van der Waals surface area contributed by atoms with Gasteiger partial charge in [-0.25, -0.2) is 4.79 Å². The molecule has 0 aliphatic rings. The van der Waals surface area contributed by atoms with Crippen molar-refractivity contribution in [3.8, 4) is 0 Å². The van der Waals surface area contributed by atoms with Crippen molar-refractivity contribution in [3.63, 3.8) is 0 Å². The minimum absolute atomic E-state index is 0.217. The number of carbonyl (C=O) groups is 1. The molecule has 1 aromatic heterocycles. The van der Waals surface area contributed by atoms with Gasteiger partial charge in [0.25, 0.3) is 0 Å². The van der Waals surface area contributed by atoms with Crippen LogP contribution in [0.1, 0.15) is 27.9 Å². The topological polar surface area (TPSA) is 59.2 Å². The molecular formula is C14H15NO3S. The van der Waals surface area contributed by atoms with E-state index < -0.39 is 5.97 Å². The van der Waals surface area contributed by atoms with Gasteiger partial charge >= 0.3 is 10.8 Å². The van der Waals surface area contributed by atoms with Crippen LogP contribution in [0.3, 0.4) is 0 Å². The van der Waals surface area contributed by atoms with E-state index in [4.69, 9.17) is 4.74 Å². The molecule has 0 aliphatic heterocycles. The lowest BCUT2D eigenvalue weighted by molar-refractivity contribution is 0.0530. The Bertz CT molecular complexity index is 601. The summed E-state index contributed by atoms with van der Waals surface area (Å²) in [6, 6.07) is 9.94. The first-order valence-electron chi connectivity index (χ1n) is 6.13. The standard InChI is InChI=1S/C14H15NO3S/c1-2-18-13(16)12-11(15-14(17)19-12)9-8-10-6-4-3-5-7-10/h3-7H,2,8-9H2,1H3,(H,15,17). The highest BCUT2D eigenvalue weighted by molar-refractivity contribution is 7.11. The summed E-state index contributed by atoms with van der Waals surface area (Å²) in [5.41, 5.74) is 1.83. The average Bonchev–Trinajstić information content (AvgIpc) is 2.79. The zero-order chi connectivity index (χ0) is 13.7. The molecule has 0 amide bonds. The number of hydrogen-bond acceptors (Lipinski definition) is 4. The van der Waals surface area contributed by atoms with E-state index in [0.29, 0.717) is 23.6 Å². The SMILES string of the molecule is CCOC(=O)c1sc(=O)[nH]c1CCc1ccccc1. The van der Waals surface area contributed by atoms with Crippen molar-refractivity contribution >= 4 is 17.3 Å². The maximum absolute atomic E-state index is 11.7. The number of benzene rings is 1. The highest BCUT2D eigenvalue weighted by Crippen LogP contribution is 2.14. The fraction of sp³-hybridized carbons (Fsp3) is 0.286. The van der Waals surface area contributed by atoms with Gasteiger partial charge in [-0.15, -0.1) is 0 Å². The molecule has 0 saturated heterocycles. The second kappa shape index (κ2) is 6.33. The summed E-state index contributed by atoms with van der Waals surface area (Å²) < 4.78 is 4.95. The van der Waals surface area contributed by atoms with E-state index in [1.165, 1.54) is 5.56 Å². The first-order chi connectivity index (χ1) is 9.20. The third-order valence-electron chi connectivity index (χ3n) is 2.69. The number of nitrogens with one attached hydrogen (secondary N) is 1. The van der Waals surface area contributed by atoms with Crippen molar-refractivity contribution in [2.45, 2.75) is 19.8 Å². The lowest BCUT2D eigenvalue weighted by atomic mass is 10.1. The van der Waals surface area contributed by atoms with Crippen LogP contribution < -0.4 is 4.87 Å². The number of thiazole rings is 1. The van der Waals surface area contributed by atoms with Gasteiger partial charge in [0.1, 0.15) is 4.88 Å². The normalized spacial score (nSPS) is 10.4. The molecule has 1 aromatic carbocycles. The second-order valence-electron chi connectivity index (χ2n) is 4.03. The van der Waals surface area contributed by atoms with Gasteiger partial charge in [-0.2, -0.15) is 0 Å². The van der Waals surface area contributed by atoms with Crippen molar-refractivity contribution in [3.05, 3.63) is 56.1 Å². The van der Waals surface area contributed by atoms with Crippen LogP contribution in [0, 0.1) is 0 Å². The third-order valence-corrected chi connectivity index (χ3v) is 3.59. The predicted octanol–water partition coefficient (Wildman–Crippen LogP) is 2.40. The zero-order valence-corrected chi connectivity index (χ0v) is 11.5. The monoisotopic (exact) mass is 277 g/mol. The highest BCUT2D eigenvalue weighted by Gasteiger charge is 2.16. The average molecular weight is 277 g/mol. The van der Waals surface area contributed by atoms with Gasteiger partial charge in [-0.05, 0) is 25.3 Å².